The number of benzene rings is 2. The number of aryl methyl sites for hydroxylation is 2. The van der Waals surface area contributed by atoms with Crippen LogP contribution < -0.4 is 15.4 Å². The number of anilines is 2. The van der Waals surface area contributed by atoms with E-state index in [9.17, 15) is 19.5 Å². The summed E-state index contributed by atoms with van der Waals surface area (Å²) in [6.07, 6.45) is 0.961. The van der Waals surface area contributed by atoms with Crippen molar-refractivity contribution in [3.05, 3.63) is 53.6 Å². The van der Waals surface area contributed by atoms with Crippen LogP contribution in [0.3, 0.4) is 0 Å². The average Bonchev–Trinajstić information content (AvgIpc) is 3.49. The number of aliphatic hydroxyl groups excluding tert-OH is 1. The Kier molecular flexibility index (Phi) is 7.99. The standard InChI is InChI=1S/C29H34BrN3O5S/c1-4-38-19-10-8-18(9-11-19)31-26(35)22-23-28(37)33(12-5-13-34)25(29(23)15-20(30)24(22)39-29)27(36)32-21-14-16(2)6-7-17(21)3/h6-11,14,20,22-25,34H,4-5,12-13,15H2,1-3H3,(H,31,35)(H,32,36)/t20?,22-,23+,24-,25?,29?/m1/s1. The van der Waals surface area contributed by atoms with Gasteiger partial charge in [0.15, 0.2) is 0 Å². The van der Waals surface area contributed by atoms with E-state index in [1.54, 1.807) is 40.9 Å². The van der Waals surface area contributed by atoms with Crippen molar-refractivity contribution in [1.82, 2.24) is 4.90 Å². The summed E-state index contributed by atoms with van der Waals surface area (Å²) in [4.78, 5) is 43.3. The normalized spacial score (nSPS) is 28.9. The summed E-state index contributed by atoms with van der Waals surface area (Å²) in [5, 5.41) is 15.5. The van der Waals surface area contributed by atoms with E-state index in [1.165, 1.54) is 0 Å². The number of ether oxygens (including phenoxy) is 1. The quantitative estimate of drug-likeness (QED) is 0.366. The summed E-state index contributed by atoms with van der Waals surface area (Å²) in [5.41, 5.74) is 3.30. The molecule has 1 spiro atoms. The Labute approximate surface area is 241 Å². The zero-order chi connectivity index (χ0) is 27.9. The van der Waals surface area contributed by atoms with Crippen molar-refractivity contribution in [3.63, 3.8) is 0 Å². The van der Waals surface area contributed by atoms with Gasteiger partial charge in [0.05, 0.1) is 23.2 Å². The number of carbonyl (C=O) groups excluding carboxylic acids is 3. The van der Waals surface area contributed by atoms with E-state index in [0.29, 0.717) is 36.6 Å². The van der Waals surface area contributed by atoms with Gasteiger partial charge in [-0.2, -0.15) is 0 Å². The molecule has 0 saturated carbocycles. The maximum absolute atomic E-state index is 14.0. The van der Waals surface area contributed by atoms with Crippen molar-refractivity contribution in [2.24, 2.45) is 11.8 Å². The molecular formula is C29H34BrN3O5S. The second kappa shape index (κ2) is 11.1. The van der Waals surface area contributed by atoms with E-state index >= 15 is 0 Å². The van der Waals surface area contributed by atoms with Crippen molar-refractivity contribution in [3.8, 4) is 5.75 Å². The Bertz CT molecular complexity index is 1270. The molecule has 8 nitrogen and oxygen atoms in total. The van der Waals surface area contributed by atoms with Crippen LogP contribution in [0.5, 0.6) is 5.75 Å². The summed E-state index contributed by atoms with van der Waals surface area (Å²) < 4.78 is 4.75. The van der Waals surface area contributed by atoms with Gasteiger partial charge in [-0.05, 0) is 75.1 Å². The van der Waals surface area contributed by atoms with Gasteiger partial charge >= 0.3 is 0 Å². The molecule has 2 aromatic rings. The zero-order valence-corrected chi connectivity index (χ0v) is 24.7. The fourth-order valence-corrected chi connectivity index (χ4v) is 9.92. The Hall–Kier alpha value is -2.56. The number of fused-ring (bicyclic) bond motifs is 1. The Morgan fingerprint density at radius 2 is 1.90 bits per heavy atom. The molecule has 3 unspecified atom stereocenters. The van der Waals surface area contributed by atoms with Crippen molar-refractivity contribution in [2.45, 2.75) is 54.5 Å². The number of hydrogen-bond donors (Lipinski definition) is 3. The highest BCUT2D eigenvalue weighted by atomic mass is 79.9. The molecule has 6 atom stereocenters. The van der Waals surface area contributed by atoms with Crippen LogP contribution in [-0.2, 0) is 14.4 Å². The number of amides is 3. The number of nitrogens with one attached hydrogen (secondary N) is 2. The number of aliphatic hydroxyl groups is 1. The Morgan fingerprint density at radius 1 is 1.15 bits per heavy atom. The number of hydrogen-bond acceptors (Lipinski definition) is 6. The summed E-state index contributed by atoms with van der Waals surface area (Å²) in [6.45, 7) is 6.53. The topological polar surface area (TPSA) is 108 Å². The summed E-state index contributed by atoms with van der Waals surface area (Å²) in [7, 11) is 0. The van der Waals surface area contributed by atoms with E-state index in [0.717, 1.165) is 11.1 Å². The second-order valence-electron chi connectivity index (χ2n) is 10.5. The highest BCUT2D eigenvalue weighted by Crippen LogP contribution is 2.67. The van der Waals surface area contributed by atoms with Crippen LogP contribution in [0.15, 0.2) is 42.5 Å². The summed E-state index contributed by atoms with van der Waals surface area (Å²) in [5.74, 6) is -1.17. The number of likely N-dealkylation sites (tertiary alicyclic amines) is 1. The lowest BCUT2D eigenvalue weighted by Crippen LogP contribution is -2.53. The molecule has 3 heterocycles. The lowest BCUT2D eigenvalue weighted by atomic mass is 9.70. The Morgan fingerprint density at radius 3 is 2.59 bits per heavy atom. The van der Waals surface area contributed by atoms with Crippen molar-refractivity contribution in [2.75, 3.05) is 30.4 Å². The van der Waals surface area contributed by atoms with E-state index in [1.807, 2.05) is 39.0 Å². The van der Waals surface area contributed by atoms with Crippen molar-refractivity contribution >= 4 is 56.8 Å². The molecule has 3 aliphatic heterocycles. The number of thioether (sulfide) groups is 1. The van der Waals surface area contributed by atoms with E-state index < -0.39 is 22.6 Å². The SMILES string of the molecule is CCOc1ccc(NC(=O)[C@H]2[C@@H]3SC4(CC3Br)C(C(=O)Nc3cc(C)ccc3C)N(CCCO)C(=O)[C@H]24)cc1. The molecule has 208 valence electrons. The summed E-state index contributed by atoms with van der Waals surface area (Å²) >= 11 is 5.38. The molecule has 39 heavy (non-hydrogen) atoms. The minimum Gasteiger partial charge on any atom is -0.494 e. The van der Waals surface area contributed by atoms with Crippen molar-refractivity contribution < 1.29 is 24.2 Å². The van der Waals surface area contributed by atoms with Gasteiger partial charge in [0.2, 0.25) is 17.7 Å². The van der Waals surface area contributed by atoms with Crippen LogP contribution in [0.1, 0.15) is 30.9 Å². The molecule has 2 aromatic carbocycles. The second-order valence-corrected chi connectivity index (χ2v) is 13.2. The largest absolute Gasteiger partial charge is 0.494 e. The summed E-state index contributed by atoms with van der Waals surface area (Å²) in [6, 6.07) is 12.3. The minimum absolute atomic E-state index is 0.0172. The van der Waals surface area contributed by atoms with Crippen molar-refractivity contribution in [1.29, 1.82) is 0 Å². The van der Waals surface area contributed by atoms with Crippen LogP contribution in [0.2, 0.25) is 0 Å². The predicted octanol–water partition coefficient (Wildman–Crippen LogP) is 4.13. The van der Waals surface area contributed by atoms with E-state index in [-0.39, 0.29) is 41.0 Å². The predicted molar refractivity (Wildman–Crippen MR) is 156 cm³/mol. The third kappa shape index (κ3) is 4.95. The molecule has 0 aromatic heterocycles. The number of nitrogens with zero attached hydrogens (tertiary/aromatic N) is 1. The van der Waals surface area contributed by atoms with Crippen LogP contribution in [0, 0.1) is 25.7 Å². The first-order chi connectivity index (χ1) is 18.7. The monoisotopic (exact) mass is 615 g/mol. The first kappa shape index (κ1) is 28.0. The fraction of sp³-hybridized carbons (Fsp3) is 0.483. The highest BCUT2D eigenvalue weighted by molar-refractivity contribution is 9.09. The number of rotatable bonds is 9. The number of carbonyl (C=O) groups is 3. The lowest BCUT2D eigenvalue weighted by Gasteiger charge is -2.35. The molecule has 3 fully saturated rings. The van der Waals surface area contributed by atoms with Gasteiger partial charge in [-0.1, -0.05) is 28.1 Å². The van der Waals surface area contributed by atoms with Gasteiger partial charge < -0.3 is 25.4 Å². The highest BCUT2D eigenvalue weighted by Gasteiger charge is 2.75. The van der Waals surface area contributed by atoms with Crippen LogP contribution in [-0.4, -0.2) is 68.4 Å². The smallest absolute Gasteiger partial charge is 0.248 e. The van der Waals surface area contributed by atoms with Gasteiger partial charge in [-0.3, -0.25) is 14.4 Å². The molecular weight excluding hydrogens is 582 g/mol. The van der Waals surface area contributed by atoms with Crippen LogP contribution in [0.4, 0.5) is 11.4 Å². The molecule has 2 bridgehead atoms. The van der Waals surface area contributed by atoms with Gasteiger partial charge in [0.25, 0.3) is 0 Å². The first-order valence-corrected chi connectivity index (χ1v) is 15.1. The van der Waals surface area contributed by atoms with Gasteiger partial charge in [-0.15, -0.1) is 11.8 Å². The number of alkyl halides is 1. The molecule has 0 radical (unpaired) electrons. The van der Waals surface area contributed by atoms with Gasteiger partial charge in [0.1, 0.15) is 11.8 Å². The third-order valence-electron chi connectivity index (χ3n) is 7.98. The van der Waals surface area contributed by atoms with E-state index in [4.69, 9.17) is 4.74 Å². The molecule has 5 rings (SSSR count). The molecule has 10 heteroatoms. The van der Waals surface area contributed by atoms with E-state index in [2.05, 4.69) is 26.6 Å². The molecule has 3 saturated heterocycles. The number of halogens is 1. The molecule has 3 N–H and O–H groups in total. The maximum Gasteiger partial charge on any atom is 0.248 e. The molecule has 3 aliphatic rings. The Balaban J connectivity index is 1.45. The molecule has 0 aliphatic carbocycles. The third-order valence-corrected chi connectivity index (χ3v) is 11.2. The first-order valence-electron chi connectivity index (χ1n) is 13.3. The van der Waals surface area contributed by atoms with Gasteiger partial charge in [-0.25, -0.2) is 0 Å². The minimum atomic E-state index is -0.750. The van der Waals surface area contributed by atoms with Gasteiger partial charge in [0, 0.05) is 34.6 Å². The molecule has 3 amide bonds. The van der Waals surface area contributed by atoms with Crippen LogP contribution >= 0.6 is 27.7 Å². The lowest BCUT2D eigenvalue weighted by molar-refractivity contribution is -0.138. The van der Waals surface area contributed by atoms with Crippen LogP contribution in [0.25, 0.3) is 0 Å². The maximum atomic E-state index is 14.0. The zero-order valence-electron chi connectivity index (χ0n) is 22.3. The average molecular weight is 617 g/mol. The fourth-order valence-electron chi connectivity index (χ4n) is 6.31.